The maximum absolute atomic E-state index is 12.3. The van der Waals surface area contributed by atoms with E-state index in [1.807, 2.05) is 54.0 Å². The highest BCUT2D eigenvalue weighted by atomic mass is 32.2. The second-order valence-corrected chi connectivity index (χ2v) is 7.62. The summed E-state index contributed by atoms with van der Waals surface area (Å²) in [6.45, 7) is 2.53. The van der Waals surface area contributed by atoms with Crippen molar-refractivity contribution in [1.29, 1.82) is 0 Å². The van der Waals surface area contributed by atoms with Gasteiger partial charge in [-0.15, -0.1) is 10.2 Å². The quantitative estimate of drug-likeness (QED) is 0.232. The van der Waals surface area contributed by atoms with Gasteiger partial charge in [-0.3, -0.25) is 19.3 Å². The van der Waals surface area contributed by atoms with E-state index in [4.69, 9.17) is 4.74 Å². The first kappa shape index (κ1) is 22.2. The monoisotopic (exact) mass is 459 g/mol. The van der Waals surface area contributed by atoms with Gasteiger partial charge in [0.25, 0.3) is 5.91 Å². The molecule has 0 saturated carbocycles. The van der Waals surface area contributed by atoms with E-state index in [1.54, 1.807) is 37.1 Å². The van der Waals surface area contributed by atoms with Crippen molar-refractivity contribution in [3.8, 4) is 22.8 Å². The number of hydrazone groups is 1. The number of carbonyl (C=O) groups is 1. The van der Waals surface area contributed by atoms with Crippen LogP contribution >= 0.6 is 11.8 Å². The van der Waals surface area contributed by atoms with E-state index in [0.29, 0.717) is 17.6 Å². The molecule has 0 aliphatic rings. The Hall–Kier alpha value is -4.05. The molecule has 1 N–H and O–H groups in total. The molecule has 0 radical (unpaired) electrons. The molecule has 0 aliphatic heterocycles. The van der Waals surface area contributed by atoms with Gasteiger partial charge in [0.2, 0.25) is 0 Å². The lowest BCUT2D eigenvalue weighted by Crippen LogP contribution is -2.20. The first-order valence-corrected chi connectivity index (χ1v) is 11.2. The van der Waals surface area contributed by atoms with Crippen molar-refractivity contribution < 1.29 is 9.53 Å². The molecule has 0 bridgehead atoms. The molecule has 4 rings (SSSR count). The van der Waals surface area contributed by atoms with Crippen LogP contribution in [-0.4, -0.2) is 49.2 Å². The summed E-state index contributed by atoms with van der Waals surface area (Å²) in [4.78, 5) is 20.5. The van der Waals surface area contributed by atoms with Crippen LogP contribution in [0.2, 0.25) is 0 Å². The number of hydrogen-bond acceptors (Lipinski definition) is 8. The Bertz CT molecular complexity index is 1210. The van der Waals surface area contributed by atoms with Gasteiger partial charge in [-0.1, -0.05) is 17.8 Å². The summed E-state index contributed by atoms with van der Waals surface area (Å²) >= 11 is 1.27. The number of pyridine rings is 2. The molecule has 1 amide bonds. The molecule has 166 valence electrons. The number of nitrogens with zero attached hydrogens (tertiary/aromatic N) is 6. The molecule has 0 aliphatic carbocycles. The zero-order chi connectivity index (χ0) is 22.9. The molecule has 0 fully saturated rings. The summed E-state index contributed by atoms with van der Waals surface area (Å²) in [5.74, 6) is 1.26. The zero-order valence-electron chi connectivity index (χ0n) is 17.8. The Balaban J connectivity index is 1.52. The molecule has 9 nitrogen and oxygen atoms in total. The van der Waals surface area contributed by atoms with Crippen LogP contribution in [0.25, 0.3) is 17.1 Å². The van der Waals surface area contributed by atoms with Gasteiger partial charge in [-0.25, -0.2) is 5.43 Å². The minimum Gasteiger partial charge on any atom is -0.494 e. The number of amides is 1. The average Bonchev–Trinajstić information content (AvgIpc) is 3.29. The summed E-state index contributed by atoms with van der Waals surface area (Å²) in [7, 11) is 0. The van der Waals surface area contributed by atoms with E-state index in [9.17, 15) is 4.79 Å². The fraction of sp³-hybridized carbons (Fsp3) is 0.130. The SMILES string of the molecule is CCOc1ccc(-n2c(SCC(=O)N/N=C\c3cccnc3)nnc2-c2cccnc2)cc1. The van der Waals surface area contributed by atoms with E-state index in [2.05, 4.69) is 30.7 Å². The number of thioether (sulfide) groups is 1. The Morgan fingerprint density at radius 1 is 1.09 bits per heavy atom. The van der Waals surface area contributed by atoms with Crippen LogP contribution in [0.15, 0.2) is 83.6 Å². The van der Waals surface area contributed by atoms with Crippen molar-refractivity contribution in [3.05, 3.63) is 78.9 Å². The van der Waals surface area contributed by atoms with Crippen molar-refractivity contribution in [2.24, 2.45) is 5.10 Å². The summed E-state index contributed by atoms with van der Waals surface area (Å²) < 4.78 is 7.44. The molecule has 0 spiro atoms. The molecule has 0 saturated heterocycles. The number of carbonyl (C=O) groups excluding carboxylic acids is 1. The standard InChI is InChI=1S/C23H21N7O2S/c1-2-32-20-9-7-19(8-10-20)30-22(18-6-4-12-25-15-18)28-29-23(30)33-16-21(31)27-26-14-17-5-3-11-24-13-17/h3-15H,2,16H2,1H3,(H,27,31)/b26-14-. The molecular weight excluding hydrogens is 438 g/mol. The van der Waals surface area contributed by atoms with Crippen molar-refractivity contribution in [2.75, 3.05) is 12.4 Å². The molecule has 10 heteroatoms. The molecule has 3 heterocycles. The maximum atomic E-state index is 12.3. The second kappa shape index (κ2) is 11.0. The number of nitrogens with one attached hydrogen (secondary N) is 1. The number of hydrogen-bond donors (Lipinski definition) is 1. The normalized spacial score (nSPS) is 10.9. The lowest BCUT2D eigenvalue weighted by atomic mass is 10.2. The predicted octanol–water partition coefficient (Wildman–Crippen LogP) is 3.37. The molecular formula is C23H21N7O2S. The topological polar surface area (TPSA) is 107 Å². The number of rotatable bonds is 9. The van der Waals surface area contributed by atoms with Crippen molar-refractivity contribution in [1.82, 2.24) is 30.2 Å². The van der Waals surface area contributed by atoms with Gasteiger partial charge in [0.15, 0.2) is 11.0 Å². The van der Waals surface area contributed by atoms with Crippen molar-refractivity contribution in [3.63, 3.8) is 0 Å². The predicted molar refractivity (Wildman–Crippen MR) is 126 cm³/mol. The van der Waals surface area contributed by atoms with Gasteiger partial charge in [0.05, 0.1) is 18.6 Å². The van der Waals surface area contributed by atoms with Crippen LogP contribution in [0.5, 0.6) is 5.75 Å². The second-order valence-electron chi connectivity index (χ2n) is 6.68. The van der Waals surface area contributed by atoms with Gasteiger partial charge >= 0.3 is 0 Å². The van der Waals surface area contributed by atoms with Crippen LogP contribution in [-0.2, 0) is 4.79 Å². The highest BCUT2D eigenvalue weighted by molar-refractivity contribution is 7.99. The smallest absolute Gasteiger partial charge is 0.250 e. The fourth-order valence-corrected chi connectivity index (χ4v) is 3.67. The summed E-state index contributed by atoms with van der Waals surface area (Å²) in [5.41, 5.74) is 4.97. The Labute approximate surface area is 195 Å². The van der Waals surface area contributed by atoms with E-state index in [1.165, 1.54) is 11.8 Å². The molecule has 1 aromatic carbocycles. The Morgan fingerprint density at radius 3 is 2.58 bits per heavy atom. The fourth-order valence-electron chi connectivity index (χ4n) is 2.93. The summed E-state index contributed by atoms with van der Waals surface area (Å²) in [6, 6.07) is 15.0. The van der Waals surface area contributed by atoms with Gasteiger partial charge in [0, 0.05) is 41.6 Å². The highest BCUT2D eigenvalue weighted by Gasteiger charge is 2.17. The Morgan fingerprint density at radius 2 is 1.88 bits per heavy atom. The minimum absolute atomic E-state index is 0.118. The summed E-state index contributed by atoms with van der Waals surface area (Å²) in [6.07, 6.45) is 8.30. The van der Waals surface area contributed by atoms with Gasteiger partial charge < -0.3 is 4.74 Å². The lowest BCUT2D eigenvalue weighted by Gasteiger charge is -2.11. The molecule has 0 atom stereocenters. The van der Waals surface area contributed by atoms with Gasteiger partial charge in [-0.2, -0.15) is 5.10 Å². The van der Waals surface area contributed by atoms with Crippen molar-refractivity contribution in [2.45, 2.75) is 12.1 Å². The Kier molecular flexibility index (Phi) is 7.39. The largest absolute Gasteiger partial charge is 0.494 e. The van der Waals surface area contributed by atoms with E-state index in [-0.39, 0.29) is 11.7 Å². The third-order valence-corrected chi connectivity index (χ3v) is 5.31. The van der Waals surface area contributed by atoms with Gasteiger partial charge in [-0.05, 0) is 49.4 Å². The molecule has 3 aromatic heterocycles. The van der Waals surface area contributed by atoms with Crippen LogP contribution < -0.4 is 10.2 Å². The molecule has 0 unspecified atom stereocenters. The molecule has 33 heavy (non-hydrogen) atoms. The third kappa shape index (κ3) is 5.80. The molecule has 4 aromatic rings. The van der Waals surface area contributed by atoms with Gasteiger partial charge in [0.1, 0.15) is 5.75 Å². The minimum atomic E-state index is -0.260. The summed E-state index contributed by atoms with van der Waals surface area (Å²) in [5, 5.41) is 13.2. The average molecular weight is 460 g/mol. The third-order valence-electron chi connectivity index (χ3n) is 4.38. The zero-order valence-corrected chi connectivity index (χ0v) is 18.6. The van der Waals surface area contributed by atoms with E-state index in [0.717, 1.165) is 22.6 Å². The van der Waals surface area contributed by atoms with E-state index >= 15 is 0 Å². The first-order chi connectivity index (χ1) is 16.2. The van der Waals surface area contributed by atoms with E-state index < -0.39 is 0 Å². The number of benzene rings is 1. The number of ether oxygens (including phenoxy) is 1. The van der Waals surface area contributed by atoms with Crippen LogP contribution in [0.1, 0.15) is 12.5 Å². The lowest BCUT2D eigenvalue weighted by molar-refractivity contribution is -0.118. The highest BCUT2D eigenvalue weighted by Crippen LogP contribution is 2.28. The van der Waals surface area contributed by atoms with Crippen LogP contribution in [0.3, 0.4) is 0 Å². The van der Waals surface area contributed by atoms with Crippen molar-refractivity contribution >= 4 is 23.9 Å². The van der Waals surface area contributed by atoms with Crippen LogP contribution in [0, 0.1) is 0 Å². The van der Waals surface area contributed by atoms with Crippen LogP contribution in [0.4, 0.5) is 0 Å². The maximum Gasteiger partial charge on any atom is 0.250 e. The first-order valence-electron chi connectivity index (χ1n) is 10.2. The number of aromatic nitrogens is 5.